The number of ether oxygens (including phenoxy) is 2. The number of hydrogen-bond donors (Lipinski definition) is 2. The van der Waals surface area contributed by atoms with E-state index in [1.165, 1.54) is 0 Å². The first kappa shape index (κ1) is 19.1. The smallest absolute Gasteiger partial charge is 0.239 e. The van der Waals surface area contributed by atoms with Crippen LogP contribution in [0.4, 0.5) is 5.69 Å². The molecule has 0 fully saturated rings. The maximum atomic E-state index is 11.9. The second kappa shape index (κ2) is 10.6. The quantitative estimate of drug-likeness (QED) is 0.635. The summed E-state index contributed by atoms with van der Waals surface area (Å²) in [6.45, 7) is 4.32. The van der Waals surface area contributed by atoms with E-state index in [2.05, 4.69) is 10.6 Å². The first-order valence-corrected chi connectivity index (χ1v) is 8.61. The molecule has 0 spiro atoms. The van der Waals surface area contributed by atoms with Crippen molar-refractivity contribution in [3.8, 4) is 5.75 Å². The van der Waals surface area contributed by atoms with E-state index >= 15 is 0 Å². The zero-order valence-corrected chi connectivity index (χ0v) is 15.0. The van der Waals surface area contributed by atoms with Gasteiger partial charge >= 0.3 is 0 Å². The van der Waals surface area contributed by atoms with Crippen molar-refractivity contribution in [2.24, 2.45) is 0 Å². The predicted molar refractivity (Wildman–Crippen MR) is 100 cm³/mol. The summed E-state index contributed by atoms with van der Waals surface area (Å²) >= 11 is 6.06. The summed E-state index contributed by atoms with van der Waals surface area (Å²) in [7, 11) is 0. The Hall–Kier alpha value is -2.24. The summed E-state index contributed by atoms with van der Waals surface area (Å²) in [5.74, 6) is 0.672. The van der Waals surface area contributed by atoms with Gasteiger partial charge < -0.3 is 20.1 Å². The molecular formula is C19H23ClN2O3. The Bertz CT molecular complexity index is 662. The molecule has 0 radical (unpaired) electrons. The van der Waals surface area contributed by atoms with Crippen molar-refractivity contribution in [3.05, 3.63) is 59.1 Å². The molecule has 2 rings (SSSR count). The summed E-state index contributed by atoms with van der Waals surface area (Å²) in [5, 5.41) is 6.56. The van der Waals surface area contributed by atoms with E-state index in [1.54, 1.807) is 6.07 Å². The highest BCUT2D eigenvalue weighted by atomic mass is 35.5. The van der Waals surface area contributed by atoms with Gasteiger partial charge in [-0.2, -0.15) is 0 Å². The number of carbonyl (C=O) groups excluding carboxylic acids is 1. The van der Waals surface area contributed by atoms with E-state index in [1.807, 2.05) is 49.4 Å². The average molecular weight is 363 g/mol. The standard InChI is InChI=1S/C19H23ClN2O3/c1-2-24-11-12-25-17-9-7-16(8-10-17)21-14-19(23)22-13-15-5-3-4-6-18(15)20/h3-10,21H,2,11-14H2,1H3,(H,22,23). The van der Waals surface area contributed by atoms with Crippen molar-refractivity contribution >= 4 is 23.2 Å². The number of halogens is 1. The molecule has 0 aromatic heterocycles. The van der Waals surface area contributed by atoms with E-state index in [0.29, 0.717) is 31.4 Å². The summed E-state index contributed by atoms with van der Waals surface area (Å²) in [6.07, 6.45) is 0. The molecule has 2 aromatic rings. The number of nitrogens with one attached hydrogen (secondary N) is 2. The van der Waals surface area contributed by atoms with Gasteiger partial charge in [0.15, 0.2) is 0 Å². The topological polar surface area (TPSA) is 59.6 Å². The Morgan fingerprint density at radius 3 is 2.56 bits per heavy atom. The highest BCUT2D eigenvalue weighted by Gasteiger charge is 2.04. The molecule has 5 nitrogen and oxygen atoms in total. The van der Waals surface area contributed by atoms with Crippen LogP contribution in [0.3, 0.4) is 0 Å². The third-order valence-corrected chi connectivity index (χ3v) is 3.81. The molecule has 134 valence electrons. The van der Waals surface area contributed by atoms with Gasteiger partial charge in [-0.25, -0.2) is 0 Å². The van der Waals surface area contributed by atoms with Gasteiger partial charge in [-0.05, 0) is 42.8 Å². The molecule has 0 saturated heterocycles. The lowest BCUT2D eigenvalue weighted by Crippen LogP contribution is -2.29. The van der Waals surface area contributed by atoms with Crippen molar-refractivity contribution in [3.63, 3.8) is 0 Å². The Morgan fingerprint density at radius 2 is 1.84 bits per heavy atom. The van der Waals surface area contributed by atoms with Gasteiger partial charge in [0, 0.05) is 23.9 Å². The van der Waals surface area contributed by atoms with Crippen LogP contribution in [0.25, 0.3) is 0 Å². The molecule has 0 bridgehead atoms. The Labute approximate surface area is 153 Å². The largest absolute Gasteiger partial charge is 0.491 e. The molecule has 0 saturated carbocycles. The fourth-order valence-electron chi connectivity index (χ4n) is 2.11. The fraction of sp³-hybridized carbons (Fsp3) is 0.316. The second-order valence-electron chi connectivity index (χ2n) is 5.29. The van der Waals surface area contributed by atoms with Crippen LogP contribution in [0.15, 0.2) is 48.5 Å². The number of hydrogen-bond acceptors (Lipinski definition) is 4. The van der Waals surface area contributed by atoms with E-state index < -0.39 is 0 Å². The molecule has 2 aromatic carbocycles. The van der Waals surface area contributed by atoms with Crippen LogP contribution in [0, 0.1) is 0 Å². The highest BCUT2D eigenvalue weighted by Crippen LogP contribution is 2.16. The van der Waals surface area contributed by atoms with Gasteiger partial charge in [0.25, 0.3) is 0 Å². The maximum absolute atomic E-state index is 11.9. The van der Waals surface area contributed by atoms with Crippen molar-refractivity contribution in [2.45, 2.75) is 13.5 Å². The lowest BCUT2D eigenvalue weighted by molar-refractivity contribution is -0.119. The molecule has 1 amide bonds. The van der Waals surface area contributed by atoms with Gasteiger partial charge in [0.1, 0.15) is 12.4 Å². The third kappa shape index (κ3) is 7.03. The number of rotatable bonds is 10. The van der Waals surface area contributed by atoms with Crippen molar-refractivity contribution in [1.82, 2.24) is 5.32 Å². The van der Waals surface area contributed by atoms with Gasteiger partial charge in [-0.1, -0.05) is 29.8 Å². The Kier molecular flexibility index (Phi) is 8.09. The van der Waals surface area contributed by atoms with E-state index in [4.69, 9.17) is 21.1 Å². The van der Waals surface area contributed by atoms with Crippen molar-refractivity contribution < 1.29 is 14.3 Å². The summed E-state index contributed by atoms with van der Waals surface area (Å²) in [4.78, 5) is 11.9. The minimum Gasteiger partial charge on any atom is -0.491 e. The van der Waals surface area contributed by atoms with Gasteiger partial charge in [-0.15, -0.1) is 0 Å². The Morgan fingerprint density at radius 1 is 1.08 bits per heavy atom. The van der Waals surface area contributed by atoms with Crippen molar-refractivity contribution in [1.29, 1.82) is 0 Å². The Balaban J connectivity index is 1.69. The minimum atomic E-state index is -0.100. The normalized spacial score (nSPS) is 10.3. The lowest BCUT2D eigenvalue weighted by Gasteiger charge is -2.10. The molecule has 2 N–H and O–H groups in total. The highest BCUT2D eigenvalue weighted by molar-refractivity contribution is 6.31. The van der Waals surface area contributed by atoms with Crippen LogP contribution in [0.1, 0.15) is 12.5 Å². The molecule has 0 atom stereocenters. The molecule has 0 aliphatic carbocycles. The fourth-order valence-corrected chi connectivity index (χ4v) is 2.31. The zero-order valence-electron chi connectivity index (χ0n) is 14.3. The van der Waals surface area contributed by atoms with E-state index in [0.717, 1.165) is 17.0 Å². The van der Waals surface area contributed by atoms with Crippen LogP contribution in [0.2, 0.25) is 5.02 Å². The number of benzene rings is 2. The number of amides is 1. The van der Waals surface area contributed by atoms with Crippen LogP contribution < -0.4 is 15.4 Å². The van der Waals surface area contributed by atoms with Crippen LogP contribution in [-0.4, -0.2) is 32.3 Å². The summed E-state index contributed by atoms with van der Waals surface area (Å²) in [6, 6.07) is 14.9. The molecule has 25 heavy (non-hydrogen) atoms. The van der Waals surface area contributed by atoms with Crippen molar-refractivity contribution in [2.75, 3.05) is 31.7 Å². The SMILES string of the molecule is CCOCCOc1ccc(NCC(=O)NCc2ccccc2Cl)cc1. The van der Waals surface area contributed by atoms with E-state index in [9.17, 15) is 4.79 Å². The summed E-state index contributed by atoms with van der Waals surface area (Å²) < 4.78 is 10.8. The second-order valence-corrected chi connectivity index (χ2v) is 5.70. The number of anilines is 1. The number of carbonyl (C=O) groups is 1. The third-order valence-electron chi connectivity index (χ3n) is 3.44. The molecule has 0 aliphatic heterocycles. The van der Waals surface area contributed by atoms with Gasteiger partial charge in [0.05, 0.1) is 13.2 Å². The molecule has 6 heteroatoms. The van der Waals surface area contributed by atoms with Gasteiger partial charge in [0.2, 0.25) is 5.91 Å². The first-order chi connectivity index (χ1) is 12.2. The van der Waals surface area contributed by atoms with Gasteiger partial charge in [-0.3, -0.25) is 4.79 Å². The van der Waals surface area contributed by atoms with Crippen LogP contribution in [0.5, 0.6) is 5.75 Å². The monoisotopic (exact) mass is 362 g/mol. The van der Waals surface area contributed by atoms with Crippen LogP contribution >= 0.6 is 11.6 Å². The maximum Gasteiger partial charge on any atom is 0.239 e. The molecule has 0 unspecified atom stereocenters. The lowest BCUT2D eigenvalue weighted by atomic mass is 10.2. The first-order valence-electron chi connectivity index (χ1n) is 8.23. The average Bonchev–Trinajstić information content (AvgIpc) is 2.64. The van der Waals surface area contributed by atoms with E-state index in [-0.39, 0.29) is 12.5 Å². The zero-order chi connectivity index (χ0) is 17.9. The molecule has 0 aliphatic rings. The predicted octanol–water partition coefficient (Wildman–Crippen LogP) is 3.48. The van der Waals surface area contributed by atoms with Crippen LogP contribution in [-0.2, 0) is 16.1 Å². The minimum absolute atomic E-state index is 0.100. The summed E-state index contributed by atoms with van der Waals surface area (Å²) in [5.41, 5.74) is 1.75. The molecular weight excluding hydrogens is 340 g/mol. The molecule has 0 heterocycles.